The van der Waals surface area contributed by atoms with Crippen molar-refractivity contribution in [2.45, 2.75) is 6.10 Å². The average molecular weight is 358 g/mol. The van der Waals surface area contributed by atoms with E-state index in [0.717, 1.165) is 0 Å². The Labute approximate surface area is 142 Å². The second-order valence-electron chi connectivity index (χ2n) is 4.59. The van der Waals surface area contributed by atoms with Crippen LogP contribution in [-0.2, 0) is 0 Å². The van der Waals surface area contributed by atoms with Gasteiger partial charge in [-0.05, 0) is 18.2 Å². The lowest BCUT2D eigenvalue weighted by atomic mass is 9.99. The zero-order chi connectivity index (χ0) is 17.1. The van der Waals surface area contributed by atoms with Crippen LogP contribution in [0.5, 0.6) is 11.5 Å². The van der Waals surface area contributed by atoms with E-state index in [4.69, 9.17) is 32.7 Å². The molecule has 0 saturated carbocycles. The minimum Gasteiger partial charge on any atom is -0.493 e. The molecule has 2 rings (SSSR count). The Bertz CT molecular complexity index is 751. The Morgan fingerprint density at radius 3 is 2.22 bits per heavy atom. The van der Waals surface area contributed by atoms with E-state index in [1.165, 1.54) is 38.5 Å². The van der Waals surface area contributed by atoms with E-state index >= 15 is 0 Å². The highest BCUT2D eigenvalue weighted by Gasteiger charge is 2.26. The van der Waals surface area contributed by atoms with Gasteiger partial charge in [-0.25, -0.2) is 0 Å². The average Bonchev–Trinajstić information content (AvgIpc) is 2.52. The van der Waals surface area contributed by atoms with E-state index in [2.05, 4.69) is 0 Å². The number of aliphatic hydroxyl groups excluding tert-OH is 1. The van der Waals surface area contributed by atoms with Crippen LogP contribution in [-0.4, -0.2) is 24.2 Å². The summed E-state index contributed by atoms with van der Waals surface area (Å²) in [4.78, 5) is 10.7. The van der Waals surface area contributed by atoms with Gasteiger partial charge in [0.25, 0.3) is 5.69 Å². The third-order valence-corrected chi connectivity index (χ3v) is 3.84. The van der Waals surface area contributed by atoms with Crippen molar-refractivity contribution < 1.29 is 19.5 Å². The molecule has 0 fully saturated rings. The Morgan fingerprint density at radius 2 is 1.70 bits per heavy atom. The standard InChI is InChI=1S/C15H13Cl2NO5/c1-22-13-6-10(12(18(20)21)7-14(13)23-2)15(19)9-4-3-8(16)5-11(9)17/h3-7,15,19H,1-2H3/t15-/m1/s1. The lowest BCUT2D eigenvalue weighted by molar-refractivity contribution is -0.386. The van der Waals surface area contributed by atoms with E-state index in [-0.39, 0.29) is 27.8 Å². The van der Waals surface area contributed by atoms with Gasteiger partial charge >= 0.3 is 0 Å². The molecule has 0 spiro atoms. The monoisotopic (exact) mass is 357 g/mol. The highest BCUT2D eigenvalue weighted by molar-refractivity contribution is 6.35. The van der Waals surface area contributed by atoms with Crippen molar-refractivity contribution in [1.82, 2.24) is 0 Å². The first-order valence-electron chi connectivity index (χ1n) is 6.42. The smallest absolute Gasteiger partial charge is 0.279 e. The molecule has 0 aliphatic heterocycles. The number of aliphatic hydroxyl groups is 1. The first kappa shape index (κ1) is 17.3. The molecular weight excluding hydrogens is 345 g/mol. The Morgan fingerprint density at radius 1 is 1.09 bits per heavy atom. The molecule has 23 heavy (non-hydrogen) atoms. The van der Waals surface area contributed by atoms with Crippen LogP contribution in [0.25, 0.3) is 0 Å². The molecule has 2 aromatic carbocycles. The molecule has 0 amide bonds. The fourth-order valence-electron chi connectivity index (χ4n) is 2.15. The number of nitro benzene ring substituents is 1. The Kier molecular flexibility index (Phi) is 5.30. The predicted molar refractivity (Wildman–Crippen MR) is 86.7 cm³/mol. The lowest BCUT2D eigenvalue weighted by Crippen LogP contribution is -2.06. The third kappa shape index (κ3) is 3.50. The van der Waals surface area contributed by atoms with Crippen molar-refractivity contribution in [2.75, 3.05) is 14.2 Å². The van der Waals surface area contributed by atoms with Crippen molar-refractivity contribution in [3.8, 4) is 11.5 Å². The summed E-state index contributed by atoms with van der Waals surface area (Å²) in [5.74, 6) is 0.453. The molecule has 0 aliphatic carbocycles. The summed E-state index contributed by atoms with van der Waals surface area (Å²) in [6.07, 6.45) is -1.32. The van der Waals surface area contributed by atoms with Crippen LogP contribution in [0.15, 0.2) is 30.3 Å². The number of rotatable bonds is 5. The Hall–Kier alpha value is -2.02. The van der Waals surface area contributed by atoms with Gasteiger partial charge in [0.2, 0.25) is 0 Å². The molecule has 6 nitrogen and oxygen atoms in total. The summed E-state index contributed by atoms with van der Waals surface area (Å²) in [5.41, 5.74) is 0.0319. The molecular formula is C15H13Cl2NO5. The molecule has 8 heteroatoms. The SMILES string of the molecule is COc1cc([C@H](O)c2ccc(Cl)cc2Cl)c([N+](=O)[O-])cc1OC. The van der Waals surface area contributed by atoms with Gasteiger partial charge in [-0.15, -0.1) is 0 Å². The largest absolute Gasteiger partial charge is 0.493 e. The minimum absolute atomic E-state index is 0.0388. The zero-order valence-corrected chi connectivity index (χ0v) is 13.8. The molecule has 122 valence electrons. The van der Waals surface area contributed by atoms with Crippen molar-refractivity contribution in [2.24, 2.45) is 0 Å². The topological polar surface area (TPSA) is 81.8 Å². The van der Waals surface area contributed by atoms with Crippen LogP contribution in [0.3, 0.4) is 0 Å². The lowest BCUT2D eigenvalue weighted by Gasteiger charge is -2.16. The van der Waals surface area contributed by atoms with Crippen molar-refractivity contribution >= 4 is 28.9 Å². The molecule has 0 heterocycles. The van der Waals surface area contributed by atoms with E-state index in [1.54, 1.807) is 6.07 Å². The van der Waals surface area contributed by atoms with Crippen LogP contribution >= 0.6 is 23.2 Å². The Balaban J connectivity index is 2.62. The van der Waals surface area contributed by atoms with Crippen LogP contribution in [0.4, 0.5) is 5.69 Å². The van der Waals surface area contributed by atoms with Gasteiger partial charge in [-0.1, -0.05) is 29.3 Å². The van der Waals surface area contributed by atoms with Gasteiger partial charge in [0, 0.05) is 15.6 Å². The first-order chi connectivity index (χ1) is 10.9. The molecule has 0 aromatic heterocycles. The quantitative estimate of drug-likeness (QED) is 0.645. The number of hydrogen-bond acceptors (Lipinski definition) is 5. The molecule has 0 aliphatic rings. The van der Waals surface area contributed by atoms with Crippen LogP contribution < -0.4 is 9.47 Å². The van der Waals surface area contributed by atoms with Gasteiger partial charge < -0.3 is 14.6 Å². The van der Waals surface area contributed by atoms with Crippen LogP contribution in [0, 0.1) is 10.1 Å². The molecule has 1 atom stereocenters. The molecule has 0 bridgehead atoms. The fraction of sp³-hybridized carbons (Fsp3) is 0.200. The van der Waals surface area contributed by atoms with Crippen LogP contribution in [0.2, 0.25) is 10.0 Å². The summed E-state index contributed by atoms with van der Waals surface area (Å²) in [5, 5.41) is 22.5. The van der Waals surface area contributed by atoms with E-state index in [0.29, 0.717) is 10.6 Å². The number of nitro groups is 1. The maximum absolute atomic E-state index is 11.3. The number of methoxy groups -OCH3 is 2. The van der Waals surface area contributed by atoms with Gasteiger partial charge in [0.1, 0.15) is 6.10 Å². The summed E-state index contributed by atoms with van der Waals surface area (Å²) >= 11 is 11.9. The normalized spacial score (nSPS) is 11.9. The number of halogens is 2. The van der Waals surface area contributed by atoms with Crippen molar-refractivity contribution in [3.05, 3.63) is 61.6 Å². The minimum atomic E-state index is -1.32. The fourth-order valence-corrected chi connectivity index (χ4v) is 2.66. The number of hydrogen-bond donors (Lipinski definition) is 1. The summed E-state index contributed by atoms with van der Waals surface area (Å²) in [6.45, 7) is 0. The highest BCUT2D eigenvalue weighted by atomic mass is 35.5. The highest BCUT2D eigenvalue weighted by Crippen LogP contribution is 2.40. The second-order valence-corrected chi connectivity index (χ2v) is 5.44. The van der Waals surface area contributed by atoms with E-state index in [1.807, 2.05) is 0 Å². The maximum atomic E-state index is 11.3. The first-order valence-corrected chi connectivity index (χ1v) is 7.18. The third-order valence-electron chi connectivity index (χ3n) is 3.28. The number of nitrogens with zero attached hydrogens (tertiary/aromatic N) is 1. The van der Waals surface area contributed by atoms with Crippen molar-refractivity contribution in [1.29, 1.82) is 0 Å². The predicted octanol–water partition coefficient (Wildman–Crippen LogP) is 4.00. The van der Waals surface area contributed by atoms with E-state index in [9.17, 15) is 15.2 Å². The molecule has 2 aromatic rings. The van der Waals surface area contributed by atoms with Crippen LogP contribution in [0.1, 0.15) is 17.2 Å². The molecule has 0 unspecified atom stereocenters. The summed E-state index contributed by atoms with van der Waals surface area (Å²) in [6, 6.07) is 7.05. The number of ether oxygens (including phenoxy) is 2. The summed E-state index contributed by atoms with van der Waals surface area (Å²) in [7, 11) is 2.77. The maximum Gasteiger partial charge on any atom is 0.279 e. The second kappa shape index (κ2) is 7.04. The molecule has 0 saturated heterocycles. The summed E-state index contributed by atoms with van der Waals surface area (Å²) < 4.78 is 10.2. The molecule has 0 radical (unpaired) electrons. The zero-order valence-electron chi connectivity index (χ0n) is 12.2. The van der Waals surface area contributed by atoms with Gasteiger partial charge in [0.05, 0.1) is 30.8 Å². The van der Waals surface area contributed by atoms with Crippen molar-refractivity contribution in [3.63, 3.8) is 0 Å². The van der Waals surface area contributed by atoms with Gasteiger partial charge in [0.15, 0.2) is 11.5 Å². The number of benzene rings is 2. The van der Waals surface area contributed by atoms with Gasteiger partial charge in [-0.2, -0.15) is 0 Å². The van der Waals surface area contributed by atoms with Gasteiger partial charge in [-0.3, -0.25) is 10.1 Å². The molecule has 1 N–H and O–H groups in total. The van der Waals surface area contributed by atoms with E-state index < -0.39 is 11.0 Å².